The number of rotatable bonds is 2. The number of nitrogens with zero attached hydrogens (tertiary/aromatic N) is 3. The van der Waals surface area contributed by atoms with Crippen LogP contribution in [0.15, 0.2) is 12.1 Å². The highest BCUT2D eigenvalue weighted by Gasteiger charge is 2.33. The van der Waals surface area contributed by atoms with Crippen molar-refractivity contribution in [3.8, 4) is 0 Å². The van der Waals surface area contributed by atoms with Gasteiger partial charge < -0.3 is 15.7 Å². The molecule has 1 aromatic heterocycles. The van der Waals surface area contributed by atoms with Crippen LogP contribution in [-0.4, -0.2) is 46.3 Å². The maximum Gasteiger partial charge on any atom is 0.407 e. The molecule has 0 spiro atoms. The van der Waals surface area contributed by atoms with Crippen molar-refractivity contribution in [1.29, 1.82) is 0 Å². The van der Waals surface area contributed by atoms with Gasteiger partial charge in [-0.2, -0.15) is 0 Å². The zero-order chi connectivity index (χ0) is 14.9. The lowest BCUT2D eigenvalue weighted by Crippen LogP contribution is -2.58. The monoisotopic (exact) mass is 278 g/mol. The number of aromatic nitrogens is 1. The summed E-state index contributed by atoms with van der Waals surface area (Å²) in [4.78, 5) is 19.5. The summed E-state index contributed by atoms with van der Waals surface area (Å²) in [5, 5.41) is 9.23. The smallest absolute Gasteiger partial charge is 0.407 e. The topological polar surface area (TPSA) is 82.7 Å². The van der Waals surface area contributed by atoms with Gasteiger partial charge in [-0.3, -0.25) is 4.90 Å². The minimum atomic E-state index is -0.857. The lowest BCUT2D eigenvalue weighted by Gasteiger charge is -2.43. The molecule has 1 aliphatic rings. The van der Waals surface area contributed by atoms with Crippen molar-refractivity contribution in [3.05, 3.63) is 23.4 Å². The third-order valence-electron chi connectivity index (χ3n) is 3.84. The van der Waals surface area contributed by atoms with E-state index in [1.807, 2.05) is 32.9 Å². The second kappa shape index (κ2) is 5.66. The molecule has 1 aromatic rings. The molecule has 0 aliphatic carbocycles. The molecule has 20 heavy (non-hydrogen) atoms. The summed E-state index contributed by atoms with van der Waals surface area (Å²) in [6, 6.07) is 3.88. The number of hydrogen-bond donors (Lipinski definition) is 2. The van der Waals surface area contributed by atoms with Crippen LogP contribution < -0.4 is 10.6 Å². The normalized spacial score (nSPS) is 23.0. The Balaban J connectivity index is 2.21. The fourth-order valence-corrected chi connectivity index (χ4v) is 2.83. The van der Waals surface area contributed by atoms with Gasteiger partial charge in [0.15, 0.2) is 0 Å². The molecule has 2 rings (SSSR count). The molecule has 0 saturated carbocycles. The highest BCUT2D eigenvalue weighted by molar-refractivity contribution is 5.66. The molecule has 0 bridgehead atoms. The van der Waals surface area contributed by atoms with Crippen LogP contribution in [0.1, 0.15) is 25.1 Å². The highest BCUT2D eigenvalue weighted by atomic mass is 16.4. The number of hydrogen-bond acceptors (Lipinski definition) is 4. The minimum Gasteiger partial charge on any atom is -0.465 e. The van der Waals surface area contributed by atoms with Gasteiger partial charge in [-0.15, -0.1) is 0 Å². The Labute approximate surface area is 119 Å². The van der Waals surface area contributed by atoms with Crippen molar-refractivity contribution in [3.63, 3.8) is 0 Å². The fourth-order valence-electron chi connectivity index (χ4n) is 2.83. The molecule has 6 nitrogen and oxygen atoms in total. The van der Waals surface area contributed by atoms with E-state index in [0.29, 0.717) is 19.6 Å². The molecular weight excluding hydrogens is 256 g/mol. The van der Waals surface area contributed by atoms with E-state index in [-0.39, 0.29) is 12.1 Å². The van der Waals surface area contributed by atoms with Gasteiger partial charge in [-0.25, -0.2) is 9.78 Å². The van der Waals surface area contributed by atoms with Crippen LogP contribution >= 0.6 is 0 Å². The predicted octanol–water partition coefficient (Wildman–Crippen LogP) is 1.43. The lowest BCUT2D eigenvalue weighted by molar-refractivity contribution is 0.0981. The first-order valence-corrected chi connectivity index (χ1v) is 6.86. The first-order chi connectivity index (χ1) is 9.43. The molecule has 1 amide bonds. The SMILES string of the molecule is Cc1ccc(N2C[C@@H](C)N(C(=O)O)[C@@H](C)C2)nc1CN. The predicted molar refractivity (Wildman–Crippen MR) is 77.9 cm³/mol. The number of nitrogens with two attached hydrogens (primary N) is 1. The summed E-state index contributed by atoms with van der Waals surface area (Å²) >= 11 is 0. The van der Waals surface area contributed by atoms with Crippen molar-refractivity contribution in [2.24, 2.45) is 5.73 Å². The van der Waals surface area contributed by atoms with Crippen LogP contribution in [0.5, 0.6) is 0 Å². The van der Waals surface area contributed by atoms with Crippen LogP contribution in [0.2, 0.25) is 0 Å². The molecule has 0 radical (unpaired) electrons. The molecule has 3 N–H and O–H groups in total. The maximum absolute atomic E-state index is 11.2. The summed E-state index contributed by atoms with van der Waals surface area (Å²) in [6.45, 7) is 7.56. The Bertz CT molecular complexity index is 494. The van der Waals surface area contributed by atoms with Crippen molar-refractivity contribution in [2.75, 3.05) is 18.0 Å². The summed E-state index contributed by atoms with van der Waals surface area (Å²) in [7, 11) is 0. The highest BCUT2D eigenvalue weighted by Crippen LogP contribution is 2.22. The molecule has 1 fully saturated rings. The molecule has 1 saturated heterocycles. The molecule has 6 heteroatoms. The van der Waals surface area contributed by atoms with Crippen LogP contribution in [0.25, 0.3) is 0 Å². The number of anilines is 1. The van der Waals surface area contributed by atoms with Gasteiger partial charge in [-0.05, 0) is 32.4 Å². The van der Waals surface area contributed by atoms with Crippen molar-refractivity contribution >= 4 is 11.9 Å². The van der Waals surface area contributed by atoms with E-state index in [1.54, 1.807) is 0 Å². The lowest BCUT2D eigenvalue weighted by atomic mass is 10.1. The van der Waals surface area contributed by atoms with E-state index in [1.165, 1.54) is 4.90 Å². The molecule has 110 valence electrons. The standard InChI is InChI=1S/C14H22N4O2/c1-9-4-5-13(16-12(9)6-15)17-7-10(2)18(14(19)20)11(3)8-17/h4-5,10-11H,6-8,15H2,1-3H3,(H,19,20)/t10-,11+. The van der Waals surface area contributed by atoms with Crippen molar-refractivity contribution < 1.29 is 9.90 Å². The van der Waals surface area contributed by atoms with Crippen LogP contribution in [0, 0.1) is 6.92 Å². The van der Waals surface area contributed by atoms with E-state index in [0.717, 1.165) is 17.1 Å². The third-order valence-corrected chi connectivity index (χ3v) is 3.84. The van der Waals surface area contributed by atoms with Gasteiger partial charge >= 0.3 is 6.09 Å². The van der Waals surface area contributed by atoms with Gasteiger partial charge in [0.25, 0.3) is 0 Å². The Hall–Kier alpha value is -1.82. The quantitative estimate of drug-likeness (QED) is 0.855. The molecule has 2 heterocycles. The fraction of sp³-hybridized carbons (Fsp3) is 0.571. The largest absolute Gasteiger partial charge is 0.465 e. The molecule has 2 atom stereocenters. The molecule has 1 aliphatic heterocycles. The maximum atomic E-state index is 11.2. The van der Waals surface area contributed by atoms with Gasteiger partial charge in [0, 0.05) is 19.6 Å². The van der Waals surface area contributed by atoms with Gasteiger partial charge in [0.05, 0.1) is 17.8 Å². The number of carbonyl (C=O) groups is 1. The Kier molecular flexibility index (Phi) is 4.13. The van der Waals surface area contributed by atoms with E-state index >= 15 is 0 Å². The minimum absolute atomic E-state index is 0.0549. The third kappa shape index (κ3) is 2.70. The number of aryl methyl sites for hydroxylation is 1. The van der Waals surface area contributed by atoms with Crippen molar-refractivity contribution in [1.82, 2.24) is 9.88 Å². The second-order valence-corrected chi connectivity index (χ2v) is 5.43. The van der Waals surface area contributed by atoms with Gasteiger partial charge in [-0.1, -0.05) is 6.07 Å². The van der Waals surface area contributed by atoms with Gasteiger partial charge in [0.1, 0.15) is 5.82 Å². The van der Waals surface area contributed by atoms with E-state index in [2.05, 4.69) is 9.88 Å². The number of pyridine rings is 1. The first-order valence-electron chi connectivity index (χ1n) is 6.86. The number of piperazine rings is 1. The molecule has 0 aromatic carbocycles. The zero-order valence-electron chi connectivity index (χ0n) is 12.2. The first kappa shape index (κ1) is 14.6. The molecular formula is C14H22N4O2. The second-order valence-electron chi connectivity index (χ2n) is 5.43. The Morgan fingerprint density at radius 3 is 2.50 bits per heavy atom. The Morgan fingerprint density at radius 1 is 1.40 bits per heavy atom. The zero-order valence-corrected chi connectivity index (χ0v) is 12.2. The summed E-state index contributed by atoms with van der Waals surface area (Å²) < 4.78 is 0. The van der Waals surface area contributed by atoms with Crippen LogP contribution in [0.3, 0.4) is 0 Å². The number of carboxylic acid groups (broad SMARTS) is 1. The summed E-state index contributed by atoms with van der Waals surface area (Å²) in [5.41, 5.74) is 7.68. The van der Waals surface area contributed by atoms with E-state index in [9.17, 15) is 9.90 Å². The Morgan fingerprint density at radius 2 is 2.00 bits per heavy atom. The van der Waals surface area contributed by atoms with Crippen molar-refractivity contribution in [2.45, 2.75) is 39.4 Å². The summed E-state index contributed by atoms with van der Waals surface area (Å²) in [5.74, 6) is 0.875. The average molecular weight is 278 g/mol. The van der Waals surface area contributed by atoms with Gasteiger partial charge in [0.2, 0.25) is 0 Å². The van der Waals surface area contributed by atoms with E-state index in [4.69, 9.17) is 5.73 Å². The molecule has 0 unspecified atom stereocenters. The number of amides is 1. The average Bonchev–Trinajstić information content (AvgIpc) is 2.37. The van der Waals surface area contributed by atoms with Crippen LogP contribution in [-0.2, 0) is 6.54 Å². The summed E-state index contributed by atoms with van der Waals surface area (Å²) in [6.07, 6.45) is -0.857. The van der Waals surface area contributed by atoms with E-state index < -0.39 is 6.09 Å². The van der Waals surface area contributed by atoms with Crippen LogP contribution in [0.4, 0.5) is 10.6 Å².